The van der Waals surface area contributed by atoms with Crippen LogP contribution in [-0.2, 0) is 13.2 Å². The molecule has 0 saturated heterocycles. The molecule has 0 unspecified atom stereocenters. The summed E-state index contributed by atoms with van der Waals surface area (Å²) in [6.45, 7) is 0.378. The summed E-state index contributed by atoms with van der Waals surface area (Å²) in [4.78, 5) is 4.11. The van der Waals surface area contributed by atoms with Crippen molar-refractivity contribution in [2.75, 3.05) is 7.11 Å². The van der Waals surface area contributed by atoms with Gasteiger partial charge in [-0.1, -0.05) is 6.07 Å². The van der Waals surface area contributed by atoms with Crippen molar-refractivity contribution in [2.24, 2.45) is 0 Å². The lowest BCUT2D eigenvalue weighted by Crippen LogP contribution is -2.00. The second kappa shape index (κ2) is 6.54. The molecule has 100 valence electrons. The number of ether oxygens (including phenoxy) is 2. The maximum atomic E-state index is 9.04. The molecule has 4 nitrogen and oxygen atoms in total. The fourth-order valence-electron chi connectivity index (χ4n) is 1.63. The van der Waals surface area contributed by atoms with Gasteiger partial charge in [0.1, 0.15) is 12.4 Å². The molecule has 5 heteroatoms. The maximum absolute atomic E-state index is 9.04. The van der Waals surface area contributed by atoms with E-state index in [4.69, 9.17) is 14.6 Å². The number of hydrogen-bond acceptors (Lipinski definition) is 4. The summed E-state index contributed by atoms with van der Waals surface area (Å²) in [6.07, 6.45) is 1.67. The Balaban J connectivity index is 2.10. The van der Waals surface area contributed by atoms with Gasteiger partial charge in [-0.15, -0.1) is 0 Å². The Morgan fingerprint density at radius 3 is 2.84 bits per heavy atom. The predicted octanol–water partition coefficient (Wildman–Crippen LogP) is 2.92. The van der Waals surface area contributed by atoms with Gasteiger partial charge in [0.25, 0.3) is 0 Å². The normalized spacial score (nSPS) is 10.3. The van der Waals surface area contributed by atoms with Gasteiger partial charge in [-0.05, 0) is 45.8 Å². The molecule has 0 aliphatic heterocycles. The highest BCUT2D eigenvalue weighted by molar-refractivity contribution is 9.10. The highest BCUT2D eigenvalue weighted by Gasteiger charge is 2.06. The first-order valence-corrected chi connectivity index (χ1v) is 6.54. The first-order valence-electron chi connectivity index (χ1n) is 5.74. The molecule has 0 radical (unpaired) electrons. The number of halogens is 1. The van der Waals surface area contributed by atoms with Crippen LogP contribution >= 0.6 is 15.9 Å². The number of aliphatic hydroxyl groups is 1. The summed E-state index contributed by atoms with van der Waals surface area (Å²) in [5, 5.41) is 9.04. The number of aliphatic hydroxyl groups excluding tert-OH is 1. The number of pyridine rings is 1. The Hall–Kier alpha value is -1.59. The van der Waals surface area contributed by atoms with Crippen LogP contribution in [0.5, 0.6) is 11.6 Å². The topological polar surface area (TPSA) is 51.6 Å². The molecule has 19 heavy (non-hydrogen) atoms. The molecule has 0 spiro atoms. The van der Waals surface area contributed by atoms with Crippen LogP contribution in [0.15, 0.2) is 41.0 Å². The maximum Gasteiger partial charge on any atom is 0.219 e. The van der Waals surface area contributed by atoms with Crippen LogP contribution in [-0.4, -0.2) is 17.2 Å². The molecule has 2 rings (SSSR count). The zero-order chi connectivity index (χ0) is 13.7. The minimum atomic E-state index is 0.00923. The number of benzene rings is 1. The number of hydrogen-bond donors (Lipinski definition) is 1. The second-order valence-electron chi connectivity index (χ2n) is 3.88. The molecule has 1 aromatic heterocycles. The average molecular weight is 324 g/mol. The highest BCUT2D eigenvalue weighted by atomic mass is 79.9. The number of aromatic nitrogens is 1. The van der Waals surface area contributed by atoms with Gasteiger partial charge < -0.3 is 14.6 Å². The van der Waals surface area contributed by atoms with Crippen LogP contribution in [0, 0.1) is 0 Å². The molecule has 0 amide bonds. The third kappa shape index (κ3) is 3.45. The first kappa shape index (κ1) is 13.8. The van der Waals surface area contributed by atoms with Crippen LogP contribution in [0.4, 0.5) is 0 Å². The van der Waals surface area contributed by atoms with E-state index >= 15 is 0 Å². The Morgan fingerprint density at radius 1 is 1.32 bits per heavy atom. The van der Waals surface area contributed by atoms with Crippen molar-refractivity contribution >= 4 is 15.9 Å². The number of methoxy groups -OCH3 is 1. The van der Waals surface area contributed by atoms with Gasteiger partial charge in [0.15, 0.2) is 0 Å². The van der Waals surface area contributed by atoms with Crippen molar-refractivity contribution in [3.63, 3.8) is 0 Å². The molecule has 0 saturated carbocycles. The number of nitrogens with zero attached hydrogens (tertiary/aromatic N) is 1. The molecule has 1 aromatic carbocycles. The summed E-state index contributed by atoms with van der Waals surface area (Å²) in [5.41, 5.74) is 1.71. The standard InChI is InChI=1S/C14H14BrNO3/c1-18-14-11(3-2-6-16-14)9-19-13-5-4-10(8-17)7-12(13)15/h2-7,17H,8-9H2,1H3. The second-order valence-corrected chi connectivity index (χ2v) is 4.74. The van der Waals surface area contributed by atoms with Crippen LogP contribution in [0.25, 0.3) is 0 Å². The van der Waals surface area contributed by atoms with Crippen LogP contribution in [0.1, 0.15) is 11.1 Å². The third-order valence-corrected chi connectivity index (χ3v) is 3.23. The molecule has 0 fully saturated rings. The summed E-state index contributed by atoms with van der Waals surface area (Å²) in [7, 11) is 1.58. The van der Waals surface area contributed by atoms with Crippen molar-refractivity contribution in [1.29, 1.82) is 0 Å². The zero-order valence-electron chi connectivity index (χ0n) is 10.5. The van der Waals surface area contributed by atoms with Gasteiger partial charge in [0, 0.05) is 6.20 Å². The zero-order valence-corrected chi connectivity index (χ0v) is 12.1. The van der Waals surface area contributed by atoms with Crippen LogP contribution < -0.4 is 9.47 Å². The summed E-state index contributed by atoms with van der Waals surface area (Å²) >= 11 is 3.41. The van der Waals surface area contributed by atoms with E-state index < -0.39 is 0 Å². The quantitative estimate of drug-likeness (QED) is 0.919. The van der Waals surface area contributed by atoms with E-state index in [0.29, 0.717) is 18.2 Å². The predicted molar refractivity (Wildman–Crippen MR) is 75.2 cm³/mol. The summed E-state index contributed by atoms with van der Waals surface area (Å²) < 4.78 is 11.7. The number of rotatable bonds is 5. The fraction of sp³-hybridized carbons (Fsp3) is 0.214. The van der Waals surface area contributed by atoms with E-state index in [1.807, 2.05) is 30.3 Å². The van der Waals surface area contributed by atoms with E-state index in [2.05, 4.69) is 20.9 Å². The molecule has 1 N–H and O–H groups in total. The lowest BCUT2D eigenvalue weighted by molar-refractivity contribution is 0.279. The largest absolute Gasteiger partial charge is 0.488 e. The Kier molecular flexibility index (Phi) is 4.76. The summed E-state index contributed by atoms with van der Waals surface area (Å²) in [6, 6.07) is 9.21. The van der Waals surface area contributed by atoms with Gasteiger partial charge in [0.2, 0.25) is 5.88 Å². The molecule has 0 aliphatic carbocycles. The van der Waals surface area contributed by atoms with Crippen molar-refractivity contribution < 1.29 is 14.6 Å². The van der Waals surface area contributed by atoms with E-state index in [0.717, 1.165) is 15.6 Å². The molecule has 2 aromatic rings. The van der Waals surface area contributed by atoms with E-state index in [1.54, 1.807) is 13.3 Å². The first-order chi connectivity index (χ1) is 9.24. The lowest BCUT2D eigenvalue weighted by atomic mass is 10.2. The van der Waals surface area contributed by atoms with Gasteiger partial charge in [-0.2, -0.15) is 0 Å². The molecular weight excluding hydrogens is 310 g/mol. The minimum absolute atomic E-state index is 0.00923. The SMILES string of the molecule is COc1ncccc1COc1ccc(CO)cc1Br. The molecule has 0 bridgehead atoms. The third-order valence-electron chi connectivity index (χ3n) is 2.61. The Morgan fingerprint density at radius 2 is 2.16 bits per heavy atom. The molecule has 1 heterocycles. The Labute approximate surface area is 120 Å². The van der Waals surface area contributed by atoms with E-state index in [9.17, 15) is 0 Å². The average Bonchev–Trinajstić information content (AvgIpc) is 2.46. The Bertz CT molecular complexity index is 560. The minimum Gasteiger partial charge on any atom is -0.488 e. The van der Waals surface area contributed by atoms with Gasteiger partial charge >= 0.3 is 0 Å². The van der Waals surface area contributed by atoms with Crippen molar-refractivity contribution in [1.82, 2.24) is 4.98 Å². The van der Waals surface area contributed by atoms with Crippen LogP contribution in [0.3, 0.4) is 0 Å². The van der Waals surface area contributed by atoms with Gasteiger partial charge in [-0.25, -0.2) is 4.98 Å². The van der Waals surface area contributed by atoms with Crippen molar-refractivity contribution in [2.45, 2.75) is 13.2 Å². The lowest BCUT2D eigenvalue weighted by Gasteiger charge is -2.11. The van der Waals surface area contributed by atoms with Crippen molar-refractivity contribution in [3.05, 3.63) is 52.1 Å². The molecular formula is C14H14BrNO3. The van der Waals surface area contributed by atoms with E-state index in [-0.39, 0.29) is 6.61 Å². The fourth-order valence-corrected chi connectivity index (χ4v) is 2.17. The van der Waals surface area contributed by atoms with Crippen molar-refractivity contribution in [3.8, 4) is 11.6 Å². The van der Waals surface area contributed by atoms with Crippen LogP contribution in [0.2, 0.25) is 0 Å². The molecule has 0 aliphatic rings. The monoisotopic (exact) mass is 323 g/mol. The molecule has 0 atom stereocenters. The highest BCUT2D eigenvalue weighted by Crippen LogP contribution is 2.27. The summed E-state index contributed by atoms with van der Waals surface area (Å²) in [5.74, 6) is 1.27. The van der Waals surface area contributed by atoms with Gasteiger partial charge in [-0.3, -0.25) is 0 Å². The van der Waals surface area contributed by atoms with Gasteiger partial charge in [0.05, 0.1) is 23.8 Å². The van der Waals surface area contributed by atoms with E-state index in [1.165, 1.54) is 0 Å². The smallest absolute Gasteiger partial charge is 0.219 e.